The van der Waals surface area contributed by atoms with Crippen molar-refractivity contribution >= 4 is 15.7 Å². The number of carbonyl (C=O) groups excluding carboxylic acids is 1. The van der Waals surface area contributed by atoms with E-state index in [1.807, 2.05) is 6.92 Å². The van der Waals surface area contributed by atoms with Crippen LogP contribution in [0.2, 0.25) is 0 Å². The molecular formula is C13H24F2N2O3S. The van der Waals surface area contributed by atoms with Gasteiger partial charge in [0.25, 0.3) is 6.43 Å². The van der Waals surface area contributed by atoms with Crippen molar-refractivity contribution < 1.29 is 22.0 Å². The number of alkyl halides is 2. The Morgan fingerprint density at radius 2 is 1.90 bits per heavy atom. The Kier molecular flexibility index (Phi) is 5.71. The van der Waals surface area contributed by atoms with Crippen LogP contribution in [0.25, 0.3) is 0 Å². The second-order valence-electron chi connectivity index (χ2n) is 5.98. The zero-order chi connectivity index (χ0) is 16.4. The maximum absolute atomic E-state index is 12.5. The first-order chi connectivity index (χ1) is 9.50. The van der Waals surface area contributed by atoms with Gasteiger partial charge in [0.1, 0.15) is 4.75 Å². The minimum Gasteiger partial charge on any atom is -0.338 e. The number of hydrogen-bond acceptors (Lipinski definition) is 4. The van der Waals surface area contributed by atoms with Gasteiger partial charge in [-0.1, -0.05) is 6.92 Å². The fraction of sp³-hybridized carbons (Fsp3) is 0.923. The second kappa shape index (κ2) is 6.56. The summed E-state index contributed by atoms with van der Waals surface area (Å²) in [4.78, 5) is 15.6. The lowest BCUT2D eigenvalue weighted by atomic mass is 10.1. The van der Waals surface area contributed by atoms with Gasteiger partial charge in [-0.15, -0.1) is 0 Å². The Balaban J connectivity index is 2.83. The first kappa shape index (κ1) is 18.3. The SMILES string of the molecule is CCC1CN(C(=O)C(C)(C)S(C)(=O)=O)CCN1CC(F)F. The summed E-state index contributed by atoms with van der Waals surface area (Å²) in [5, 5.41) is 0. The predicted molar refractivity (Wildman–Crippen MR) is 77.2 cm³/mol. The summed E-state index contributed by atoms with van der Waals surface area (Å²) in [5.41, 5.74) is 0. The molecule has 1 heterocycles. The average Bonchev–Trinajstić information content (AvgIpc) is 2.36. The largest absolute Gasteiger partial charge is 0.338 e. The lowest BCUT2D eigenvalue weighted by Gasteiger charge is -2.43. The minimum atomic E-state index is -3.53. The third-order valence-corrected chi connectivity index (χ3v) is 6.21. The Hall–Kier alpha value is -0.760. The number of amides is 1. The quantitative estimate of drug-likeness (QED) is 0.756. The maximum Gasteiger partial charge on any atom is 0.251 e. The second-order valence-corrected chi connectivity index (χ2v) is 8.55. The molecule has 0 aliphatic carbocycles. The van der Waals surface area contributed by atoms with Gasteiger partial charge < -0.3 is 4.90 Å². The molecule has 5 nitrogen and oxygen atoms in total. The van der Waals surface area contributed by atoms with E-state index in [2.05, 4.69) is 0 Å². The number of nitrogens with zero attached hydrogens (tertiary/aromatic N) is 2. The average molecular weight is 326 g/mol. The highest BCUT2D eigenvalue weighted by molar-refractivity contribution is 7.92. The van der Waals surface area contributed by atoms with Crippen LogP contribution in [0.5, 0.6) is 0 Å². The van der Waals surface area contributed by atoms with Gasteiger partial charge in [0.05, 0.1) is 6.54 Å². The molecule has 8 heteroatoms. The molecular weight excluding hydrogens is 302 g/mol. The highest BCUT2D eigenvalue weighted by Crippen LogP contribution is 2.22. The Bertz CT molecular complexity index is 480. The number of hydrogen-bond donors (Lipinski definition) is 0. The van der Waals surface area contributed by atoms with E-state index in [9.17, 15) is 22.0 Å². The van der Waals surface area contributed by atoms with Crippen LogP contribution in [-0.2, 0) is 14.6 Å². The molecule has 0 radical (unpaired) electrons. The molecule has 0 N–H and O–H groups in total. The van der Waals surface area contributed by atoms with E-state index in [1.165, 1.54) is 18.7 Å². The smallest absolute Gasteiger partial charge is 0.251 e. The monoisotopic (exact) mass is 326 g/mol. The number of carbonyl (C=O) groups is 1. The van der Waals surface area contributed by atoms with Crippen molar-refractivity contribution in [1.82, 2.24) is 9.80 Å². The fourth-order valence-electron chi connectivity index (χ4n) is 2.42. The Labute approximate surface area is 125 Å². The van der Waals surface area contributed by atoms with Crippen molar-refractivity contribution in [1.29, 1.82) is 0 Å². The molecule has 1 unspecified atom stereocenters. The van der Waals surface area contributed by atoms with Gasteiger partial charge in [-0.25, -0.2) is 17.2 Å². The standard InChI is InChI=1S/C13H24F2N2O3S/c1-5-10-8-17(7-6-16(10)9-11(14)15)12(18)13(2,3)21(4,19)20/h10-11H,5-9H2,1-4H3. The lowest BCUT2D eigenvalue weighted by molar-refractivity contribution is -0.136. The molecule has 0 aromatic rings. The molecule has 1 amide bonds. The molecule has 0 aromatic heterocycles. The molecule has 1 aliphatic heterocycles. The topological polar surface area (TPSA) is 57.7 Å². The summed E-state index contributed by atoms with van der Waals surface area (Å²) >= 11 is 0. The molecule has 21 heavy (non-hydrogen) atoms. The summed E-state index contributed by atoms with van der Waals surface area (Å²) in [6, 6.07) is -0.160. The first-order valence-electron chi connectivity index (χ1n) is 7.01. The van der Waals surface area contributed by atoms with Crippen LogP contribution in [0.15, 0.2) is 0 Å². The van der Waals surface area contributed by atoms with E-state index >= 15 is 0 Å². The van der Waals surface area contributed by atoms with Gasteiger partial charge in [-0.05, 0) is 20.3 Å². The first-order valence-corrected chi connectivity index (χ1v) is 8.91. The minimum absolute atomic E-state index is 0.160. The van der Waals surface area contributed by atoms with Crippen LogP contribution in [0, 0.1) is 0 Å². The van der Waals surface area contributed by atoms with Crippen LogP contribution in [0.3, 0.4) is 0 Å². The van der Waals surface area contributed by atoms with Crippen molar-refractivity contribution in [3.63, 3.8) is 0 Å². The van der Waals surface area contributed by atoms with E-state index in [0.717, 1.165) is 6.26 Å². The fourth-order valence-corrected chi connectivity index (χ4v) is 2.87. The molecule has 0 aromatic carbocycles. The third-order valence-electron chi connectivity index (χ3n) is 4.18. The van der Waals surface area contributed by atoms with E-state index < -0.39 is 26.9 Å². The number of sulfone groups is 1. The highest BCUT2D eigenvalue weighted by Gasteiger charge is 2.43. The molecule has 1 aliphatic rings. The molecule has 1 fully saturated rings. The molecule has 1 rings (SSSR count). The van der Waals surface area contributed by atoms with Gasteiger partial charge in [0.2, 0.25) is 5.91 Å². The van der Waals surface area contributed by atoms with Crippen molar-refractivity contribution in [3.8, 4) is 0 Å². The molecule has 0 spiro atoms. The van der Waals surface area contributed by atoms with E-state index in [-0.39, 0.29) is 19.1 Å². The third kappa shape index (κ3) is 4.12. The molecule has 0 bridgehead atoms. The van der Waals surface area contributed by atoms with Gasteiger partial charge in [-0.3, -0.25) is 9.69 Å². The number of rotatable bonds is 5. The summed E-state index contributed by atoms with van der Waals surface area (Å²) in [5.74, 6) is -0.458. The Morgan fingerprint density at radius 1 is 1.33 bits per heavy atom. The van der Waals surface area contributed by atoms with Crippen molar-refractivity contribution in [2.24, 2.45) is 0 Å². The lowest BCUT2D eigenvalue weighted by Crippen LogP contribution is -2.59. The highest BCUT2D eigenvalue weighted by atomic mass is 32.2. The normalized spacial score (nSPS) is 21.9. The molecule has 1 atom stereocenters. The molecule has 124 valence electrons. The zero-order valence-electron chi connectivity index (χ0n) is 13.0. The van der Waals surface area contributed by atoms with E-state index in [4.69, 9.17) is 0 Å². The molecule has 0 saturated carbocycles. The Morgan fingerprint density at radius 3 is 2.33 bits per heavy atom. The van der Waals surface area contributed by atoms with Crippen molar-refractivity contribution in [3.05, 3.63) is 0 Å². The summed E-state index contributed by atoms with van der Waals surface area (Å²) < 4.78 is 47.0. The predicted octanol–water partition coefficient (Wildman–Crippen LogP) is 0.998. The van der Waals surface area contributed by atoms with Gasteiger partial charge in [0, 0.05) is 31.9 Å². The van der Waals surface area contributed by atoms with Gasteiger partial charge in [-0.2, -0.15) is 0 Å². The van der Waals surface area contributed by atoms with Crippen LogP contribution in [-0.4, -0.2) is 73.8 Å². The van der Waals surface area contributed by atoms with Crippen LogP contribution in [0.4, 0.5) is 8.78 Å². The summed E-state index contributed by atoms with van der Waals surface area (Å²) in [7, 11) is -3.53. The van der Waals surface area contributed by atoms with Crippen LogP contribution < -0.4 is 0 Å². The maximum atomic E-state index is 12.5. The number of piperazine rings is 1. The zero-order valence-corrected chi connectivity index (χ0v) is 13.8. The van der Waals surface area contributed by atoms with Gasteiger partial charge in [0.15, 0.2) is 9.84 Å². The summed E-state index contributed by atoms with van der Waals surface area (Å²) in [6.07, 6.45) is -0.737. The number of halogens is 2. The van der Waals surface area contributed by atoms with E-state index in [1.54, 1.807) is 4.90 Å². The van der Waals surface area contributed by atoms with E-state index in [0.29, 0.717) is 19.5 Å². The molecule has 1 saturated heterocycles. The van der Waals surface area contributed by atoms with Crippen LogP contribution in [0.1, 0.15) is 27.2 Å². The van der Waals surface area contributed by atoms with Crippen LogP contribution >= 0.6 is 0 Å². The van der Waals surface area contributed by atoms with Crippen molar-refractivity contribution in [2.75, 3.05) is 32.4 Å². The van der Waals surface area contributed by atoms with Crippen molar-refractivity contribution in [2.45, 2.75) is 44.4 Å². The van der Waals surface area contributed by atoms with Gasteiger partial charge >= 0.3 is 0 Å². The summed E-state index contributed by atoms with van der Waals surface area (Å²) in [6.45, 7) is 5.25.